The van der Waals surface area contributed by atoms with Gasteiger partial charge in [0.05, 0.1) is 12.0 Å². The van der Waals surface area contributed by atoms with Crippen LogP contribution in [0.2, 0.25) is 0 Å². The molecule has 0 heterocycles. The quantitative estimate of drug-likeness (QED) is 0.414. The first kappa shape index (κ1) is 13.0. The summed E-state index contributed by atoms with van der Waals surface area (Å²) in [4.78, 5) is 25.2. The van der Waals surface area contributed by atoms with Crippen molar-refractivity contribution in [2.75, 3.05) is 0 Å². The third kappa shape index (κ3) is 2.04. The van der Waals surface area contributed by atoms with Crippen LogP contribution in [0.4, 0.5) is 0 Å². The van der Waals surface area contributed by atoms with E-state index in [-0.39, 0.29) is 11.6 Å². The Balaban J connectivity index is 2.09. The molecule has 0 spiro atoms. The number of ketones is 2. The van der Waals surface area contributed by atoms with E-state index in [2.05, 4.69) is 9.37 Å². The molecule has 2 aromatic carbocycles. The van der Waals surface area contributed by atoms with Crippen molar-refractivity contribution in [1.29, 1.82) is 0 Å². The minimum absolute atomic E-state index is 0.187. The van der Waals surface area contributed by atoms with E-state index >= 15 is 0 Å². The van der Waals surface area contributed by atoms with Crippen molar-refractivity contribution >= 4 is 23.6 Å². The number of carbonyl (C=O) groups is 2. The van der Waals surface area contributed by atoms with E-state index in [1.54, 1.807) is 36.4 Å². The molecule has 1 aliphatic rings. The number of carbonyl (C=O) groups excluding carboxylic acids is 2. The second-order valence-electron chi connectivity index (χ2n) is 4.13. The Bertz CT molecular complexity index is 710. The summed E-state index contributed by atoms with van der Waals surface area (Å²) in [5, 5.41) is 13.1. The number of hydrogen-bond donors (Lipinski definition) is 0. The van der Waals surface area contributed by atoms with E-state index in [4.69, 9.17) is 0 Å². The van der Waals surface area contributed by atoms with Gasteiger partial charge >= 0.3 is 0 Å². The Labute approximate surface area is 118 Å². The first-order chi connectivity index (χ1) is 9.72. The Kier molecular flexibility index (Phi) is 3.37. The lowest BCUT2D eigenvalue weighted by Gasteiger charge is -2.17. The van der Waals surface area contributed by atoms with E-state index in [1.807, 2.05) is 0 Å². The molecule has 0 radical (unpaired) electrons. The highest BCUT2D eigenvalue weighted by Gasteiger charge is 2.29. The van der Waals surface area contributed by atoms with Crippen LogP contribution >= 0.6 is 12.0 Å². The van der Waals surface area contributed by atoms with Gasteiger partial charge in [-0.05, 0) is 18.2 Å². The van der Waals surface area contributed by atoms with Crippen molar-refractivity contribution in [2.45, 2.75) is 4.90 Å². The van der Waals surface area contributed by atoms with Gasteiger partial charge < -0.3 is 5.26 Å². The molecule has 2 aromatic rings. The number of fused-ring (bicyclic) bond motifs is 2. The highest BCUT2D eigenvalue weighted by Crippen LogP contribution is 2.30. The molecular weight excluding hydrogens is 280 g/mol. The van der Waals surface area contributed by atoms with Gasteiger partial charge in [0.2, 0.25) is 0 Å². The molecule has 0 saturated heterocycles. The second kappa shape index (κ2) is 5.18. The van der Waals surface area contributed by atoms with Crippen LogP contribution in [-0.4, -0.2) is 11.6 Å². The van der Waals surface area contributed by atoms with Crippen molar-refractivity contribution in [2.24, 2.45) is 0 Å². The Morgan fingerprint density at radius 3 is 2.10 bits per heavy atom. The molecule has 0 amide bonds. The van der Waals surface area contributed by atoms with Crippen molar-refractivity contribution in [1.82, 2.24) is 0 Å². The zero-order valence-corrected chi connectivity index (χ0v) is 10.8. The standard InChI is InChI=1S/C14H8O5S/c15-13-9-3-1-2-4-10(9)14(16)12-7-8(20-19-18-17)5-6-11(12)13/h1-7,17H/p-1. The molecule has 0 fully saturated rings. The van der Waals surface area contributed by atoms with Gasteiger partial charge in [-0.15, -0.1) is 0 Å². The summed E-state index contributed by atoms with van der Waals surface area (Å²) in [7, 11) is 0. The van der Waals surface area contributed by atoms with Crippen LogP contribution in [0.3, 0.4) is 0 Å². The minimum Gasteiger partial charge on any atom is -0.691 e. The molecule has 0 unspecified atom stereocenters. The lowest BCUT2D eigenvalue weighted by atomic mass is 9.84. The van der Waals surface area contributed by atoms with Crippen molar-refractivity contribution in [3.63, 3.8) is 0 Å². The van der Waals surface area contributed by atoms with Crippen LogP contribution in [0.15, 0.2) is 47.4 Å². The van der Waals surface area contributed by atoms with Gasteiger partial charge in [0.15, 0.2) is 11.6 Å². The fraction of sp³-hybridized carbons (Fsp3) is 0. The van der Waals surface area contributed by atoms with Gasteiger partial charge in [0.1, 0.15) is 0 Å². The van der Waals surface area contributed by atoms with E-state index in [0.717, 1.165) is 0 Å². The maximum absolute atomic E-state index is 12.4. The van der Waals surface area contributed by atoms with Gasteiger partial charge in [-0.1, -0.05) is 24.3 Å². The average Bonchev–Trinajstić information content (AvgIpc) is 2.50. The lowest BCUT2D eigenvalue weighted by Crippen LogP contribution is -2.20. The van der Waals surface area contributed by atoms with Gasteiger partial charge in [0.25, 0.3) is 0 Å². The predicted molar refractivity (Wildman–Crippen MR) is 67.8 cm³/mol. The molecule has 100 valence electrons. The molecule has 0 atom stereocenters. The van der Waals surface area contributed by atoms with Crippen LogP contribution in [-0.2, 0) is 9.37 Å². The van der Waals surface area contributed by atoms with E-state index in [9.17, 15) is 14.8 Å². The molecule has 6 heteroatoms. The molecule has 0 aromatic heterocycles. The zero-order valence-electron chi connectivity index (χ0n) is 9.99. The largest absolute Gasteiger partial charge is 0.691 e. The smallest absolute Gasteiger partial charge is 0.194 e. The number of benzene rings is 2. The minimum atomic E-state index is -0.222. The van der Waals surface area contributed by atoms with Gasteiger partial charge in [-0.3, -0.25) is 14.6 Å². The third-order valence-corrected chi connectivity index (χ3v) is 3.62. The summed E-state index contributed by atoms with van der Waals surface area (Å²) in [6.07, 6.45) is 0. The predicted octanol–water partition coefficient (Wildman–Crippen LogP) is 1.69. The van der Waals surface area contributed by atoms with Crippen molar-refractivity contribution in [3.8, 4) is 0 Å². The Morgan fingerprint density at radius 2 is 1.45 bits per heavy atom. The van der Waals surface area contributed by atoms with Crippen LogP contribution in [0.25, 0.3) is 0 Å². The van der Waals surface area contributed by atoms with Gasteiger partial charge in [-0.25, -0.2) is 0 Å². The van der Waals surface area contributed by atoms with Crippen LogP contribution in [0, 0.1) is 0 Å². The van der Waals surface area contributed by atoms with Crippen molar-refractivity contribution in [3.05, 3.63) is 64.7 Å². The molecule has 0 N–H and O–H groups in total. The molecule has 5 nitrogen and oxygen atoms in total. The first-order valence-corrected chi connectivity index (χ1v) is 6.42. The third-order valence-electron chi connectivity index (χ3n) is 3.05. The maximum atomic E-state index is 12.4. The molecule has 1 aliphatic carbocycles. The van der Waals surface area contributed by atoms with Crippen LogP contribution in [0.1, 0.15) is 31.8 Å². The fourth-order valence-corrected chi connectivity index (χ4v) is 2.58. The Morgan fingerprint density at radius 1 is 0.850 bits per heavy atom. The monoisotopic (exact) mass is 287 g/mol. The maximum Gasteiger partial charge on any atom is 0.194 e. The average molecular weight is 287 g/mol. The summed E-state index contributed by atoms with van der Waals surface area (Å²) in [6, 6.07) is 11.3. The summed E-state index contributed by atoms with van der Waals surface area (Å²) < 4.78 is 4.21. The summed E-state index contributed by atoms with van der Waals surface area (Å²) in [5.74, 6) is -0.409. The summed E-state index contributed by atoms with van der Waals surface area (Å²) in [5.41, 5.74) is 1.44. The molecule has 0 saturated carbocycles. The highest BCUT2D eigenvalue weighted by atomic mass is 32.2. The molecular formula is C14H7O5S-. The SMILES string of the molecule is O=C1c2ccccc2C(=O)c2cc(SOO[O-])ccc21. The summed E-state index contributed by atoms with van der Waals surface area (Å²) >= 11 is 0.680. The normalized spacial score (nSPS) is 13.1. The number of hydrogen-bond acceptors (Lipinski definition) is 6. The lowest BCUT2D eigenvalue weighted by molar-refractivity contribution is -0.777. The topological polar surface area (TPSA) is 75.7 Å². The van der Waals surface area contributed by atoms with Crippen LogP contribution < -0.4 is 5.26 Å². The highest BCUT2D eigenvalue weighted by molar-refractivity contribution is 7.94. The molecule has 0 aliphatic heterocycles. The zero-order chi connectivity index (χ0) is 14.1. The first-order valence-electron chi connectivity index (χ1n) is 5.68. The van der Waals surface area contributed by atoms with E-state index in [0.29, 0.717) is 39.2 Å². The molecule has 20 heavy (non-hydrogen) atoms. The number of rotatable bonds is 3. The van der Waals surface area contributed by atoms with Crippen molar-refractivity contribution < 1.29 is 24.2 Å². The molecule has 3 rings (SSSR count). The fourth-order valence-electron chi connectivity index (χ4n) is 2.18. The van der Waals surface area contributed by atoms with E-state index < -0.39 is 0 Å². The summed E-state index contributed by atoms with van der Waals surface area (Å²) in [6.45, 7) is 0. The Hall–Kier alpha value is -1.99. The van der Waals surface area contributed by atoms with Crippen LogP contribution in [0.5, 0.6) is 0 Å². The van der Waals surface area contributed by atoms with Gasteiger partial charge in [0, 0.05) is 27.1 Å². The molecule has 0 bridgehead atoms. The van der Waals surface area contributed by atoms with E-state index in [1.165, 1.54) is 6.07 Å². The second-order valence-corrected chi connectivity index (χ2v) is 4.90. The van der Waals surface area contributed by atoms with Gasteiger partial charge in [-0.2, -0.15) is 4.33 Å².